The number of thiophene rings is 1. The SMILES string of the molecule is CC(C)C(Nc1ccsc1)c1ccccc1. The summed E-state index contributed by atoms with van der Waals surface area (Å²) in [7, 11) is 0. The summed E-state index contributed by atoms with van der Waals surface area (Å²) in [6, 6.07) is 13.1. The van der Waals surface area contributed by atoms with Crippen LogP contribution in [0.1, 0.15) is 25.5 Å². The number of nitrogens with one attached hydrogen (secondary N) is 1. The second-order valence-electron chi connectivity index (χ2n) is 4.29. The minimum atomic E-state index is 0.385. The molecule has 0 aliphatic heterocycles. The fraction of sp³-hybridized carbons (Fsp3) is 0.286. The molecule has 0 saturated heterocycles. The van der Waals surface area contributed by atoms with Gasteiger partial charge in [-0.1, -0.05) is 44.2 Å². The van der Waals surface area contributed by atoms with Gasteiger partial charge >= 0.3 is 0 Å². The average Bonchev–Trinajstić information content (AvgIpc) is 2.79. The molecule has 2 heteroatoms. The van der Waals surface area contributed by atoms with Gasteiger partial charge < -0.3 is 5.32 Å². The summed E-state index contributed by atoms with van der Waals surface area (Å²) < 4.78 is 0. The summed E-state index contributed by atoms with van der Waals surface area (Å²) in [5.74, 6) is 0.572. The Morgan fingerprint density at radius 2 is 1.81 bits per heavy atom. The highest BCUT2D eigenvalue weighted by Gasteiger charge is 2.14. The molecule has 2 aromatic rings. The van der Waals surface area contributed by atoms with Crippen molar-refractivity contribution in [3.05, 3.63) is 52.7 Å². The Morgan fingerprint density at radius 1 is 1.06 bits per heavy atom. The summed E-state index contributed by atoms with van der Waals surface area (Å²) in [5, 5.41) is 7.84. The van der Waals surface area contributed by atoms with Crippen LogP contribution in [-0.2, 0) is 0 Å². The van der Waals surface area contributed by atoms with Crippen molar-refractivity contribution in [3.63, 3.8) is 0 Å². The zero-order valence-corrected chi connectivity index (χ0v) is 10.5. The van der Waals surface area contributed by atoms with Gasteiger partial charge in [0.25, 0.3) is 0 Å². The Labute approximate surface area is 101 Å². The molecule has 1 heterocycles. The molecule has 1 aromatic heterocycles. The second-order valence-corrected chi connectivity index (χ2v) is 5.07. The van der Waals surface area contributed by atoms with Crippen LogP contribution in [0.3, 0.4) is 0 Å². The quantitative estimate of drug-likeness (QED) is 0.813. The molecule has 1 N–H and O–H groups in total. The summed E-state index contributed by atoms with van der Waals surface area (Å²) >= 11 is 1.73. The van der Waals surface area contributed by atoms with Crippen molar-refractivity contribution >= 4 is 17.0 Å². The average molecular weight is 231 g/mol. The van der Waals surface area contributed by atoms with Crippen LogP contribution < -0.4 is 5.32 Å². The monoisotopic (exact) mass is 231 g/mol. The van der Waals surface area contributed by atoms with E-state index in [1.54, 1.807) is 11.3 Å². The molecule has 16 heavy (non-hydrogen) atoms. The van der Waals surface area contributed by atoms with Crippen molar-refractivity contribution in [3.8, 4) is 0 Å². The Kier molecular flexibility index (Phi) is 3.62. The van der Waals surface area contributed by atoms with Crippen LogP contribution in [0, 0.1) is 5.92 Å². The molecule has 1 aromatic carbocycles. The first-order valence-corrected chi connectivity index (χ1v) is 6.55. The maximum Gasteiger partial charge on any atom is 0.0537 e. The third-order valence-electron chi connectivity index (χ3n) is 2.67. The topological polar surface area (TPSA) is 12.0 Å². The Balaban J connectivity index is 2.18. The lowest BCUT2D eigenvalue weighted by molar-refractivity contribution is 0.547. The Bertz CT molecular complexity index is 406. The fourth-order valence-electron chi connectivity index (χ4n) is 1.82. The van der Waals surface area contributed by atoms with E-state index in [0.717, 1.165) is 0 Å². The van der Waals surface area contributed by atoms with Crippen molar-refractivity contribution in [2.75, 3.05) is 5.32 Å². The highest BCUT2D eigenvalue weighted by molar-refractivity contribution is 7.08. The van der Waals surface area contributed by atoms with Gasteiger partial charge in [0.05, 0.1) is 6.04 Å². The fourth-order valence-corrected chi connectivity index (χ4v) is 2.42. The lowest BCUT2D eigenvalue weighted by atomic mass is 9.96. The van der Waals surface area contributed by atoms with E-state index in [9.17, 15) is 0 Å². The van der Waals surface area contributed by atoms with Crippen LogP contribution in [0.2, 0.25) is 0 Å². The zero-order valence-electron chi connectivity index (χ0n) is 9.68. The normalized spacial score (nSPS) is 12.7. The van der Waals surface area contributed by atoms with Crippen LogP contribution in [-0.4, -0.2) is 0 Å². The number of benzene rings is 1. The molecule has 0 spiro atoms. The van der Waals surface area contributed by atoms with E-state index in [1.807, 2.05) is 0 Å². The number of hydrogen-bond acceptors (Lipinski definition) is 2. The van der Waals surface area contributed by atoms with Gasteiger partial charge in [-0.15, -0.1) is 0 Å². The molecule has 0 radical (unpaired) electrons. The first kappa shape index (κ1) is 11.2. The van der Waals surface area contributed by atoms with Gasteiger partial charge in [0, 0.05) is 11.1 Å². The Hall–Kier alpha value is -1.28. The van der Waals surface area contributed by atoms with Crippen LogP contribution in [0.4, 0.5) is 5.69 Å². The molecule has 0 aliphatic carbocycles. The highest BCUT2D eigenvalue weighted by atomic mass is 32.1. The maximum absolute atomic E-state index is 3.59. The van der Waals surface area contributed by atoms with Crippen molar-refractivity contribution < 1.29 is 0 Å². The van der Waals surface area contributed by atoms with Gasteiger partial charge in [0.2, 0.25) is 0 Å². The summed E-state index contributed by atoms with van der Waals surface area (Å²) in [6.45, 7) is 4.49. The Morgan fingerprint density at radius 3 is 2.38 bits per heavy atom. The standard InChI is InChI=1S/C14H17NS/c1-11(2)14(12-6-4-3-5-7-12)15-13-8-9-16-10-13/h3-11,14-15H,1-2H3. The van der Waals surface area contributed by atoms with Gasteiger partial charge in [-0.05, 0) is 22.9 Å². The summed E-state index contributed by atoms with van der Waals surface area (Å²) in [4.78, 5) is 0. The molecule has 2 rings (SSSR count). The zero-order chi connectivity index (χ0) is 11.4. The smallest absolute Gasteiger partial charge is 0.0537 e. The predicted molar refractivity (Wildman–Crippen MR) is 72.0 cm³/mol. The molecule has 0 fully saturated rings. The molecule has 1 unspecified atom stereocenters. The molecule has 1 atom stereocenters. The van der Waals surface area contributed by atoms with Crippen LogP contribution in [0.25, 0.3) is 0 Å². The lowest BCUT2D eigenvalue weighted by Crippen LogP contribution is -2.16. The van der Waals surface area contributed by atoms with Gasteiger partial charge in [-0.3, -0.25) is 0 Å². The van der Waals surface area contributed by atoms with E-state index < -0.39 is 0 Å². The van der Waals surface area contributed by atoms with E-state index in [-0.39, 0.29) is 0 Å². The van der Waals surface area contributed by atoms with E-state index in [4.69, 9.17) is 0 Å². The second kappa shape index (κ2) is 5.17. The maximum atomic E-state index is 3.59. The molecule has 1 nitrogen and oxygen atoms in total. The minimum Gasteiger partial charge on any atom is -0.377 e. The highest BCUT2D eigenvalue weighted by Crippen LogP contribution is 2.27. The molecular formula is C14H17NS. The van der Waals surface area contributed by atoms with Crippen LogP contribution in [0.5, 0.6) is 0 Å². The summed E-state index contributed by atoms with van der Waals surface area (Å²) in [6.07, 6.45) is 0. The lowest BCUT2D eigenvalue weighted by Gasteiger charge is -2.23. The van der Waals surface area contributed by atoms with Gasteiger partial charge in [0.1, 0.15) is 0 Å². The van der Waals surface area contributed by atoms with Gasteiger partial charge in [-0.25, -0.2) is 0 Å². The molecule has 0 amide bonds. The van der Waals surface area contributed by atoms with Crippen molar-refractivity contribution in [1.82, 2.24) is 0 Å². The van der Waals surface area contributed by atoms with Crippen molar-refractivity contribution in [2.24, 2.45) is 5.92 Å². The van der Waals surface area contributed by atoms with E-state index in [2.05, 4.69) is 66.3 Å². The first-order chi connectivity index (χ1) is 7.77. The number of rotatable bonds is 4. The third-order valence-corrected chi connectivity index (χ3v) is 3.35. The van der Waals surface area contributed by atoms with E-state index >= 15 is 0 Å². The summed E-state index contributed by atoms with van der Waals surface area (Å²) in [5.41, 5.74) is 2.57. The molecule has 0 bridgehead atoms. The van der Waals surface area contributed by atoms with Gasteiger partial charge in [-0.2, -0.15) is 11.3 Å². The minimum absolute atomic E-state index is 0.385. The van der Waals surface area contributed by atoms with Crippen LogP contribution in [0.15, 0.2) is 47.2 Å². The third kappa shape index (κ3) is 2.64. The largest absolute Gasteiger partial charge is 0.377 e. The van der Waals surface area contributed by atoms with E-state index in [1.165, 1.54) is 11.3 Å². The first-order valence-electron chi connectivity index (χ1n) is 5.61. The molecule has 0 saturated carbocycles. The number of hydrogen-bond donors (Lipinski definition) is 1. The van der Waals surface area contributed by atoms with Crippen molar-refractivity contribution in [2.45, 2.75) is 19.9 Å². The van der Waals surface area contributed by atoms with Crippen molar-refractivity contribution in [1.29, 1.82) is 0 Å². The molecular weight excluding hydrogens is 214 g/mol. The molecule has 0 aliphatic rings. The van der Waals surface area contributed by atoms with E-state index in [0.29, 0.717) is 12.0 Å². The molecule has 84 valence electrons. The van der Waals surface area contributed by atoms with Gasteiger partial charge in [0.15, 0.2) is 0 Å². The number of anilines is 1. The predicted octanol–water partition coefficient (Wildman–Crippen LogP) is 4.56. The van der Waals surface area contributed by atoms with Crippen LogP contribution >= 0.6 is 11.3 Å².